The Labute approximate surface area is 114 Å². The van der Waals surface area contributed by atoms with Crippen LogP contribution < -0.4 is 11.1 Å². The molecule has 0 radical (unpaired) electrons. The summed E-state index contributed by atoms with van der Waals surface area (Å²) >= 11 is 3.41. The van der Waals surface area contributed by atoms with Crippen molar-refractivity contribution < 1.29 is 4.79 Å². The molecule has 2 aromatic rings. The monoisotopic (exact) mass is 304 g/mol. The van der Waals surface area contributed by atoms with Crippen molar-refractivity contribution in [2.45, 2.75) is 6.92 Å². The van der Waals surface area contributed by atoms with Crippen LogP contribution in [0.15, 0.2) is 46.9 Å². The van der Waals surface area contributed by atoms with E-state index in [1.807, 2.05) is 19.1 Å². The molecule has 0 heterocycles. The van der Waals surface area contributed by atoms with E-state index in [-0.39, 0.29) is 5.91 Å². The van der Waals surface area contributed by atoms with Crippen LogP contribution in [0.3, 0.4) is 0 Å². The highest BCUT2D eigenvalue weighted by Gasteiger charge is 2.10. The first-order valence-electron chi connectivity index (χ1n) is 5.50. The predicted octanol–water partition coefficient (Wildman–Crippen LogP) is 3.59. The summed E-state index contributed by atoms with van der Waals surface area (Å²) in [6.45, 7) is 1.90. The molecule has 0 saturated carbocycles. The SMILES string of the molecule is Cc1c(Br)cccc1C(=O)Nc1ccc(N)cc1. The van der Waals surface area contributed by atoms with Gasteiger partial charge < -0.3 is 11.1 Å². The Morgan fingerprint density at radius 1 is 1.17 bits per heavy atom. The zero-order valence-corrected chi connectivity index (χ0v) is 11.5. The molecule has 18 heavy (non-hydrogen) atoms. The fraction of sp³-hybridized carbons (Fsp3) is 0.0714. The van der Waals surface area contributed by atoms with Crippen molar-refractivity contribution in [3.05, 3.63) is 58.1 Å². The average Bonchev–Trinajstić information content (AvgIpc) is 2.35. The average molecular weight is 305 g/mol. The molecule has 2 rings (SSSR count). The molecule has 4 heteroatoms. The van der Waals surface area contributed by atoms with E-state index in [0.29, 0.717) is 11.3 Å². The van der Waals surface area contributed by atoms with Crippen LogP contribution in [0.5, 0.6) is 0 Å². The first-order chi connectivity index (χ1) is 8.58. The van der Waals surface area contributed by atoms with E-state index < -0.39 is 0 Å². The number of benzene rings is 2. The minimum absolute atomic E-state index is 0.126. The van der Waals surface area contributed by atoms with E-state index in [2.05, 4.69) is 21.2 Å². The summed E-state index contributed by atoms with van der Waals surface area (Å²) in [5, 5.41) is 2.84. The maximum absolute atomic E-state index is 12.1. The lowest BCUT2D eigenvalue weighted by Crippen LogP contribution is -2.13. The Bertz CT molecular complexity index is 579. The second-order valence-electron chi connectivity index (χ2n) is 3.99. The normalized spacial score (nSPS) is 10.1. The van der Waals surface area contributed by atoms with E-state index >= 15 is 0 Å². The fourth-order valence-corrected chi connectivity index (χ4v) is 1.98. The third-order valence-electron chi connectivity index (χ3n) is 2.68. The number of nitrogens with two attached hydrogens (primary N) is 1. The summed E-state index contributed by atoms with van der Waals surface area (Å²) in [7, 11) is 0. The second-order valence-corrected chi connectivity index (χ2v) is 4.84. The van der Waals surface area contributed by atoms with Crippen molar-refractivity contribution in [3.63, 3.8) is 0 Å². The van der Waals surface area contributed by atoms with Gasteiger partial charge in [0.1, 0.15) is 0 Å². The lowest BCUT2D eigenvalue weighted by atomic mass is 10.1. The number of anilines is 2. The number of hydrogen-bond acceptors (Lipinski definition) is 2. The topological polar surface area (TPSA) is 55.1 Å². The third kappa shape index (κ3) is 2.71. The standard InChI is InChI=1S/C14H13BrN2O/c1-9-12(3-2-4-13(9)15)14(18)17-11-7-5-10(16)6-8-11/h2-8H,16H2,1H3,(H,17,18). The molecular weight excluding hydrogens is 292 g/mol. The van der Waals surface area contributed by atoms with E-state index in [4.69, 9.17) is 5.73 Å². The molecule has 3 nitrogen and oxygen atoms in total. The number of amides is 1. The maximum atomic E-state index is 12.1. The number of nitrogen functional groups attached to an aromatic ring is 1. The summed E-state index contributed by atoms with van der Waals surface area (Å²) < 4.78 is 0.924. The number of halogens is 1. The molecule has 0 aromatic heterocycles. The second kappa shape index (κ2) is 5.23. The van der Waals surface area contributed by atoms with Gasteiger partial charge in [0, 0.05) is 21.4 Å². The summed E-state index contributed by atoms with van der Waals surface area (Å²) in [5.41, 5.74) is 8.57. The molecule has 0 atom stereocenters. The van der Waals surface area contributed by atoms with Gasteiger partial charge in [0.25, 0.3) is 5.91 Å². The minimum Gasteiger partial charge on any atom is -0.399 e. The molecule has 92 valence electrons. The lowest BCUT2D eigenvalue weighted by molar-refractivity contribution is 0.102. The highest BCUT2D eigenvalue weighted by atomic mass is 79.9. The van der Waals surface area contributed by atoms with Crippen LogP contribution in [0.1, 0.15) is 15.9 Å². The fourth-order valence-electron chi connectivity index (χ4n) is 1.62. The zero-order chi connectivity index (χ0) is 13.1. The minimum atomic E-state index is -0.126. The van der Waals surface area contributed by atoms with Gasteiger partial charge >= 0.3 is 0 Å². The Morgan fingerprint density at radius 3 is 2.50 bits per heavy atom. The molecule has 2 aromatic carbocycles. The van der Waals surface area contributed by atoms with E-state index in [0.717, 1.165) is 15.7 Å². The number of hydrogen-bond donors (Lipinski definition) is 2. The number of rotatable bonds is 2. The van der Waals surface area contributed by atoms with Crippen molar-refractivity contribution >= 4 is 33.2 Å². The van der Waals surface area contributed by atoms with Gasteiger partial charge in [0.05, 0.1) is 0 Å². The van der Waals surface area contributed by atoms with Gasteiger partial charge in [-0.2, -0.15) is 0 Å². The highest BCUT2D eigenvalue weighted by Crippen LogP contribution is 2.20. The molecule has 0 fully saturated rings. The molecule has 3 N–H and O–H groups in total. The quantitative estimate of drug-likeness (QED) is 0.833. The number of carbonyl (C=O) groups excluding carboxylic acids is 1. The summed E-state index contributed by atoms with van der Waals surface area (Å²) in [6.07, 6.45) is 0. The van der Waals surface area contributed by atoms with Gasteiger partial charge in [-0.05, 0) is 48.9 Å². The van der Waals surface area contributed by atoms with Crippen LogP contribution in [0.4, 0.5) is 11.4 Å². The van der Waals surface area contributed by atoms with Gasteiger partial charge in [-0.15, -0.1) is 0 Å². The van der Waals surface area contributed by atoms with E-state index in [1.165, 1.54) is 0 Å². The molecule has 0 unspecified atom stereocenters. The molecule has 0 aliphatic rings. The Kier molecular flexibility index (Phi) is 3.67. The zero-order valence-electron chi connectivity index (χ0n) is 9.91. The van der Waals surface area contributed by atoms with Crippen LogP contribution in [0.25, 0.3) is 0 Å². The maximum Gasteiger partial charge on any atom is 0.255 e. The molecular formula is C14H13BrN2O. The van der Waals surface area contributed by atoms with E-state index in [9.17, 15) is 4.79 Å². The number of carbonyl (C=O) groups is 1. The largest absolute Gasteiger partial charge is 0.399 e. The molecule has 0 spiro atoms. The van der Waals surface area contributed by atoms with Gasteiger partial charge in [-0.3, -0.25) is 4.79 Å². The summed E-state index contributed by atoms with van der Waals surface area (Å²) in [5.74, 6) is -0.126. The van der Waals surface area contributed by atoms with E-state index in [1.54, 1.807) is 30.3 Å². The van der Waals surface area contributed by atoms with Gasteiger partial charge in [0.15, 0.2) is 0 Å². The Morgan fingerprint density at radius 2 is 1.83 bits per heavy atom. The molecule has 0 aliphatic heterocycles. The van der Waals surface area contributed by atoms with Crippen molar-refractivity contribution in [3.8, 4) is 0 Å². The van der Waals surface area contributed by atoms with Crippen molar-refractivity contribution in [1.82, 2.24) is 0 Å². The van der Waals surface area contributed by atoms with Crippen LogP contribution in [-0.4, -0.2) is 5.91 Å². The van der Waals surface area contributed by atoms with Gasteiger partial charge in [0.2, 0.25) is 0 Å². The predicted molar refractivity (Wildman–Crippen MR) is 77.7 cm³/mol. The Hall–Kier alpha value is -1.81. The van der Waals surface area contributed by atoms with Crippen molar-refractivity contribution in [2.24, 2.45) is 0 Å². The van der Waals surface area contributed by atoms with Gasteiger partial charge in [-0.25, -0.2) is 0 Å². The van der Waals surface area contributed by atoms with Crippen LogP contribution in [-0.2, 0) is 0 Å². The van der Waals surface area contributed by atoms with Gasteiger partial charge in [-0.1, -0.05) is 22.0 Å². The van der Waals surface area contributed by atoms with Crippen LogP contribution in [0.2, 0.25) is 0 Å². The molecule has 1 amide bonds. The molecule has 0 aliphatic carbocycles. The van der Waals surface area contributed by atoms with Crippen LogP contribution in [0, 0.1) is 6.92 Å². The number of nitrogens with one attached hydrogen (secondary N) is 1. The molecule has 0 bridgehead atoms. The van der Waals surface area contributed by atoms with Crippen molar-refractivity contribution in [1.29, 1.82) is 0 Å². The third-order valence-corrected chi connectivity index (χ3v) is 3.54. The Balaban J connectivity index is 2.22. The highest BCUT2D eigenvalue weighted by molar-refractivity contribution is 9.10. The summed E-state index contributed by atoms with van der Waals surface area (Å²) in [6, 6.07) is 12.6. The van der Waals surface area contributed by atoms with Crippen molar-refractivity contribution in [2.75, 3.05) is 11.1 Å². The first-order valence-corrected chi connectivity index (χ1v) is 6.29. The first kappa shape index (κ1) is 12.6. The molecule has 0 saturated heterocycles. The smallest absolute Gasteiger partial charge is 0.255 e. The lowest BCUT2D eigenvalue weighted by Gasteiger charge is -2.09. The van der Waals surface area contributed by atoms with Crippen LogP contribution >= 0.6 is 15.9 Å². The summed E-state index contributed by atoms with van der Waals surface area (Å²) in [4.78, 5) is 12.1.